The maximum atomic E-state index is 5.77. The second-order valence-electron chi connectivity index (χ2n) is 10.2. The van der Waals surface area contributed by atoms with Gasteiger partial charge >= 0.3 is 0 Å². The van der Waals surface area contributed by atoms with Gasteiger partial charge in [0, 0.05) is 11.7 Å². The first-order valence-electron chi connectivity index (χ1n) is 11.7. The number of rotatable bonds is 7. The molecule has 154 valence electrons. The Balaban J connectivity index is 1.41. The minimum absolute atomic E-state index is 0.497. The molecule has 0 spiro atoms. The van der Waals surface area contributed by atoms with Crippen LogP contribution in [0.25, 0.3) is 0 Å². The smallest absolute Gasteiger partial charge is 0.171 e. The van der Waals surface area contributed by atoms with Gasteiger partial charge in [-0.1, -0.05) is 39.3 Å². The maximum Gasteiger partial charge on any atom is 0.171 e. The molecule has 2 atom stereocenters. The summed E-state index contributed by atoms with van der Waals surface area (Å²) in [6.07, 6.45) is 12.5. The molecule has 4 aliphatic rings. The molecule has 2 nitrogen and oxygen atoms in total. The summed E-state index contributed by atoms with van der Waals surface area (Å²) in [5.41, 5.74) is 3.01. The molecule has 0 amide bonds. The van der Waals surface area contributed by atoms with Crippen LogP contribution in [0.2, 0.25) is 0 Å². The average Bonchev–Trinajstić information content (AvgIpc) is 2.66. The van der Waals surface area contributed by atoms with Gasteiger partial charge in [-0.3, -0.25) is 0 Å². The molecular weight excluding hydrogens is 360 g/mol. The van der Waals surface area contributed by atoms with E-state index in [0.29, 0.717) is 17.4 Å². The summed E-state index contributed by atoms with van der Waals surface area (Å²) in [5, 5.41) is 8.07. The van der Waals surface area contributed by atoms with Crippen LogP contribution in [0.4, 0.5) is 5.69 Å². The van der Waals surface area contributed by atoms with Crippen LogP contribution in [0.5, 0.6) is 0 Å². The van der Waals surface area contributed by atoms with Crippen molar-refractivity contribution in [2.45, 2.75) is 90.5 Å². The van der Waals surface area contributed by atoms with Crippen molar-refractivity contribution >= 4 is 23.0 Å². The summed E-state index contributed by atoms with van der Waals surface area (Å²) in [5.74, 6) is 3.58. The average molecular weight is 399 g/mol. The van der Waals surface area contributed by atoms with Gasteiger partial charge in [0.1, 0.15) is 0 Å². The second kappa shape index (κ2) is 8.34. The van der Waals surface area contributed by atoms with E-state index in [2.05, 4.69) is 55.7 Å². The fraction of sp³-hybridized carbons (Fsp3) is 0.720. The first-order chi connectivity index (χ1) is 13.5. The lowest BCUT2D eigenvalue weighted by molar-refractivity contribution is -0.0718. The van der Waals surface area contributed by atoms with Crippen LogP contribution in [-0.2, 0) is 0 Å². The molecule has 4 aliphatic carbocycles. The Morgan fingerprint density at radius 3 is 2.11 bits per heavy atom. The van der Waals surface area contributed by atoms with Gasteiger partial charge in [-0.15, -0.1) is 0 Å². The van der Waals surface area contributed by atoms with Crippen LogP contribution < -0.4 is 10.6 Å². The van der Waals surface area contributed by atoms with E-state index in [1.54, 1.807) is 0 Å². The molecule has 3 heteroatoms. The predicted octanol–water partition coefficient (Wildman–Crippen LogP) is 6.87. The lowest BCUT2D eigenvalue weighted by Gasteiger charge is -2.59. The SMILES string of the molecule is CCCC(NC(=S)Nc1ccc(C(C)CC)cc1)C12CC3CC(CC(C3)C1)C2. The molecule has 1 aromatic rings. The molecule has 0 radical (unpaired) electrons. The van der Waals surface area contributed by atoms with Crippen molar-refractivity contribution in [1.82, 2.24) is 5.32 Å². The number of hydrogen-bond donors (Lipinski definition) is 2. The summed E-state index contributed by atoms with van der Waals surface area (Å²) in [6, 6.07) is 9.36. The molecule has 4 saturated carbocycles. The van der Waals surface area contributed by atoms with Crippen molar-refractivity contribution in [2.24, 2.45) is 23.2 Å². The van der Waals surface area contributed by atoms with Crippen LogP contribution in [0.15, 0.2) is 24.3 Å². The van der Waals surface area contributed by atoms with Gasteiger partial charge in [0.15, 0.2) is 5.11 Å². The quantitative estimate of drug-likeness (QED) is 0.490. The van der Waals surface area contributed by atoms with Crippen LogP contribution >= 0.6 is 12.2 Å². The molecule has 0 aliphatic heterocycles. The normalized spacial score (nSPS) is 32.8. The Hall–Kier alpha value is -1.09. The Bertz CT molecular complexity index is 645. The Labute approximate surface area is 177 Å². The van der Waals surface area contributed by atoms with Crippen LogP contribution in [0.1, 0.15) is 90.0 Å². The summed E-state index contributed by atoms with van der Waals surface area (Å²) >= 11 is 5.77. The summed E-state index contributed by atoms with van der Waals surface area (Å²) in [7, 11) is 0. The second-order valence-corrected chi connectivity index (χ2v) is 10.6. The third kappa shape index (κ3) is 4.10. The van der Waals surface area contributed by atoms with Crippen molar-refractivity contribution in [3.05, 3.63) is 29.8 Å². The zero-order chi connectivity index (χ0) is 19.7. The van der Waals surface area contributed by atoms with E-state index in [-0.39, 0.29) is 0 Å². The molecule has 2 N–H and O–H groups in total. The van der Waals surface area contributed by atoms with Gasteiger partial charge in [-0.2, -0.15) is 0 Å². The van der Waals surface area contributed by atoms with Crippen LogP contribution in [0.3, 0.4) is 0 Å². The predicted molar refractivity (Wildman–Crippen MR) is 124 cm³/mol. The third-order valence-electron chi connectivity index (χ3n) is 8.06. The van der Waals surface area contributed by atoms with E-state index in [0.717, 1.165) is 28.6 Å². The van der Waals surface area contributed by atoms with E-state index >= 15 is 0 Å². The Morgan fingerprint density at radius 2 is 1.61 bits per heavy atom. The molecular formula is C25H38N2S. The lowest BCUT2D eigenvalue weighted by atomic mass is 9.47. The van der Waals surface area contributed by atoms with E-state index in [9.17, 15) is 0 Å². The Morgan fingerprint density at radius 1 is 1.04 bits per heavy atom. The monoisotopic (exact) mass is 398 g/mol. The van der Waals surface area contributed by atoms with Crippen molar-refractivity contribution in [3.8, 4) is 0 Å². The van der Waals surface area contributed by atoms with Crippen LogP contribution in [0, 0.1) is 23.2 Å². The molecule has 4 fully saturated rings. The number of thiocarbonyl (C=S) groups is 1. The first-order valence-corrected chi connectivity index (χ1v) is 12.1. The van der Waals surface area contributed by atoms with Gasteiger partial charge in [0.05, 0.1) is 0 Å². The summed E-state index contributed by atoms with van der Waals surface area (Å²) in [6.45, 7) is 6.85. The largest absolute Gasteiger partial charge is 0.359 e. The third-order valence-corrected chi connectivity index (χ3v) is 8.28. The lowest BCUT2D eigenvalue weighted by Crippen LogP contribution is -2.57. The maximum absolute atomic E-state index is 5.77. The number of hydrogen-bond acceptors (Lipinski definition) is 1. The molecule has 0 aromatic heterocycles. The number of nitrogens with one attached hydrogen (secondary N) is 2. The standard InChI is InChI=1S/C25H38N2S/c1-4-6-23(25-14-18-11-19(15-25)13-20(12-18)16-25)27-24(28)26-22-9-7-21(8-10-22)17(3)5-2/h7-10,17-20,23H,4-6,11-16H2,1-3H3,(H2,26,27,28). The molecule has 2 unspecified atom stereocenters. The first kappa shape index (κ1) is 20.2. The van der Waals surface area contributed by atoms with Crippen molar-refractivity contribution < 1.29 is 0 Å². The highest BCUT2D eigenvalue weighted by Crippen LogP contribution is 2.61. The van der Waals surface area contributed by atoms with E-state index in [4.69, 9.17) is 12.2 Å². The fourth-order valence-electron chi connectivity index (χ4n) is 6.88. The molecule has 28 heavy (non-hydrogen) atoms. The van der Waals surface area contributed by atoms with E-state index in [1.165, 1.54) is 63.4 Å². The topological polar surface area (TPSA) is 24.1 Å². The highest BCUT2D eigenvalue weighted by molar-refractivity contribution is 7.80. The molecule has 5 rings (SSSR count). The number of anilines is 1. The zero-order valence-corrected chi connectivity index (χ0v) is 18.8. The van der Waals surface area contributed by atoms with E-state index < -0.39 is 0 Å². The van der Waals surface area contributed by atoms with Crippen molar-refractivity contribution in [2.75, 3.05) is 5.32 Å². The summed E-state index contributed by atoms with van der Waals surface area (Å²) < 4.78 is 0. The minimum Gasteiger partial charge on any atom is -0.359 e. The van der Waals surface area contributed by atoms with Gasteiger partial charge in [0.2, 0.25) is 0 Å². The molecule has 0 heterocycles. The van der Waals surface area contributed by atoms with Gasteiger partial charge < -0.3 is 10.6 Å². The molecule has 4 bridgehead atoms. The molecule has 0 saturated heterocycles. The summed E-state index contributed by atoms with van der Waals surface area (Å²) in [4.78, 5) is 0. The highest BCUT2D eigenvalue weighted by Gasteiger charge is 2.54. The van der Waals surface area contributed by atoms with Gasteiger partial charge in [0.25, 0.3) is 0 Å². The van der Waals surface area contributed by atoms with Gasteiger partial charge in [-0.25, -0.2) is 0 Å². The van der Waals surface area contributed by atoms with Crippen LogP contribution in [-0.4, -0.2) is 11.2 Å². The van der Waals surface area contributed by atoms with Crippen molar-refractivity contribution in [3.63, 3.8) is 0 Å². The van der Waals surface area contributed by atoms with Gasteiger partial charge in [-0.05, 0) is 110 Å². The van der Waals surface area contributed by atoms with Crippen molar-refractivity contribution in [1.29, 1.82) is 0 Å². The van der Waals surface area contributed by atoms with E-state index in [1.807, 2.05) is 0 Å². The minimum atomic E-state index is 0.497. The zero-order valence-electron chi connectivity index (χ0n) is 18.0. The number of benzene rings is 1. The Kier molecular flexibility index (Phi) is 6.01. The molecule has 1 aromatic carbocycles. The highest BCUT2D eigenvalue weighted by atomic mass is 32.1. The fourth-order valence-corrected chi connectivity index (χ4v) is 7.14.